The SMILES string of the molecule is Nc1nc2c(ncn2[C@@H]2O[C@@]3(CO)COC3C2OP(=O)(O)OC[C@H]2O[C@@H](n3cnc4c(N)ncnc43)C(O)C2O[P+](=O)O)c(=O)[nH]1. The highest BCUT2D eigenvalue weighted by Gasteiger charge is 2.65. The minimum atomic E-state index is -5.09. The van der Waals surface area contributed by atoms with Crippen molar-refractivity contribution in [3.8, 4) is 0 Å². The van der Waals surface area contributed by atoms with Gasteiger partial charge in [-0.1, -0.05) is 0 Å². The Hall–Kier alpha value is -3.57. The van der Waals surface area contributed by atoms with Gasteiger partial charge in [0.05, 0.1) is 32.5 Å². The molecule has 3 aliphatic heterocycles. The van der Waals surface area contributed by atoms with Gasteiger partial charge in [0.1, 0.15) is 41.9 Å². The fourth-order valence-electron chi connectivity index (χ4n) is 5.67. The fourth-order valence-corrected chi connectivity index (χ4v) is 7.06. The molecule has 0 spiro atoms. The van der Waals surface area contributed by atoms with E-state index in [1.54, 1.807) is 0 Å². The molecular weight excluding hydrogens is 662 g/mol. The van der Waals surface area contributed by atoms with Crippen LogP contribution < -0.4 is 17.0 Å². The number of nitrogens with one attached hydrogen (secondary N) is 1. The number of rotatable bonds is 10. The lowest BCUT2D eigenvalue weighted by atomic mass is 9.91. The van der Waals surface area contributed by atoms with Gasteiger partial charge < -0.3 is 40.8 Å². The van der Waals surface area contributed by atoms with E-state index in [1.165, 1.54) is 21.8 Å². The van der Waals surface area contributed by atoms with E-state index in [2.05, 4.69) is 29.9 Å². The first-order valence-electron chi connectivity index (χ1n) is 13.3. The number of aromatic amines is 1. The van der Waals surface area contributed by atoms with Crippen molar-refractivity contribution in [3.05, 3.63) is 29.3 Å². The monoisotopic (exact) mass is 687 g/mol. The fraction of sp³-hybridized carbons (Fsp3) is 0.524. The van der Waals surface area contributed by atoms with Gasteiger partial charge in [0.25, 0.3) is 5.56 Å². The number of ether oxygens (including phenoxy) is 3. The Labute approximate surface area is 255 Å². The molecule has 3 aliphatic rings. The first-order chi connectivity index (χ1) is 21.9. The second-order valence-electron chi connectivity index (χ2n) is 10.5. The van der Waals surface area contributed by atoms with Crippen molar-refractivity contribution in [1.82, 2.24) is 39.0 Å². The number of hydrogen-bond donors (Lipinski definition) is 7. The Balaban J connectivity index is 1.13. The molecule has 23 nitrogen and oxygen atoms in total. The summed E-state index contributed by atoms with van der Waals surface area (Å²) < 4.78 is 60.5. The quantitative estimate of drug-likeness (QED) is 0.0852. The van der Waals surface area contributed by atoms with E-state index >= 15 is 0 Å². The number of aromatic nitrogens is 8. The van der Waals surface area contributed by atoms with E-state index in [0.717, 1.165) is 6.33 Å². The smallest absolute Gasteiger partial charge is 0.393 e. The van der Waals surface area contributed by atoms with Crippen LogP contribution in [0.3, 0.4) is 0 Å². The van der Waals surface area contributed by atoms with Gasteiger partial charge in [-0.15, -0.1) is 9.42 Å². The lowest BCUT2D eigenvalue weighted by Crippen LogP contribution is -2.61. The zero-order valence-corrected chi connectivity index (χ0v) is 24.8. The Morgan fingerprint density at radius 1 is 1.13 bits per heavy atom. The molecule has 9 N–H and O–H groups in total. The summed E-state index contributed by atoms with van der Waals surface area (Å²) in [7, 11) is -8.36. The molecule has 0 saturated carbocycles. The third-order valence-electron chi connectivity index (χ3n) is 7.79. The summed E-state index contributed by atoms with van der Waals surface area (Å²) in [5, 5.41) is 21.1. The number of imidazole rings is 2. The second kappa shape index (κ2) is 11.3. The maximum Gasteiger partial charge on any atom is 0.695 e. The molecule has 46 heavy (non-hydrogen) atoms. The summed E-state index contributed by atoms with van der Waals surface area (Å²) in [5.41, 5.74) is 9.72. The molecule has 0 bridgehead atoms. The lowest BCUT2D eigenvalue weighted by molar-refractivity contribution is -0.245. The first kappa shape index (κ1) is 31.1. The topological polar surface area (TPSA) is 330 Å². The van der Waals surface area contributed by atoms with Crippen LogP contribution in [0, 0.1) is 0 Å². The molecule has 246 valence electrons. The number of phosphoric acid groups is 1. The lowest BCUT2D eigenvalue weighted by Gasteiger charge is -2.42. The summed E-state index contributed by atoms with van der Waals surface area (Å²) in [6.45, 7) is -1.44. The van der Waals surface area contributed by atoms with E-state index < -0.39 is 83.4 Å². The Morgan fingerprint density at radius 3 is 2.57 bits per heavy atom. The van der Waals surface area contributed by atoms with Gasteiger partial charge in [-0.05, 0) is 0 Å². The number of fused-ring (bicyclic) bond motifs is 3. The summed E-state index contributed by atoms with van der Waals surface area (Å²) in [4.78, 5) is 55.0. The number of anilines is 2. The predicted molar refractivity (Wildman–Crippen MR) is 147 cm³/mol. The van der Waals surface area contributed by atoms with Gasteiger partial charge in [-0.25, -0.2) is 24.5 Å². The van der Waals surface area contributed by atoms with Gasteiger partial charge in [-0.3, -0.25) is 28.0 Å². The molecule has 0 radical (unpaired) electrons. The molecule has 25 heteroatoms. The van der Waals surface area contributed by atoms with Crippen molar-refractivity contribution in [1.29, 1.82) is 0 Å². The number of nitrogen functional groups attached to an aromatic ring is 2. The van der Waals surface area contributed by atoms with Gasteiger partial charge >= 0.3 is 16.1 Å². The molecule has 7 rings (SSSR count). The van der Waals surface area contributed by atoms with Crippen molar-refractivity contribution in [2.45, 2.75) is 48.6 Å². The third kappa shape index (κ3) is 5.06. The summed E-state index contributed by atoms with van der Waals surface area (Å²) in [5.74, 6) is -0.189. The maximum absolute atomic E-state index is 13.3. The zero-order valence-electron chi connectivity index (χ0n) is 23.0. The molecule has 0 amide bonds. The van der Waals surface area contributed by atoms with Crippen molar-refractivity contribution < 1.29 is 56.9 Å². The molecule has 4 aromatic heterocycles. The first-order valence-corrected chi connectivity index (χ1v) is 15.9. The van der Waals surface area contributed by atoms with E-state index in [1.807, 2.05) is 0 Å². The Kier molecular flexibility index (Phi) is 7.62. The molecule has 7 heterocycles. The average molecular weight is 687 g/mol. The summed E-state index contributed by atoms with van der Waals surface area (Å²) in [6, 6.07) is 0. The number of phosphoric ester groups is 1. The van der Waals surface area contributed by atoms with Gasteiger partial charge in [-0.2, -0.15) is 4.98 Å². The van der Waals surface area contributed by atoms with Crippen LogP contribution in [0.5, 0.6) is 0 Å². The largest absolute Gasteiger partial charge is 0.695 e. The van der Waals surface area contributed by atoms with E-state index in [-0.39, 0.29) is 40.7 Å². The number of nitrogens with two attached hydrogens (primary N) is 2. The van der Waals surface area contributed by atoms with Crippen molar-refractivity contribution >= 4 is 50.2 Å². The van der Waals surface area contributed by atoms with Gasteiger partial charge in [0, 0.05) is 4.57 Å². The van der Waals surface area contributed by atoms with Gasteiger partial charge in [0.15, 0.2) is 41.2 Å². The van der Waals surface area contributed by atoms with E-state index in [0.29, 0.717) is 0 Å². The molecule has 6 unspecified atom stereocenters. The molecule has 10 atom stereocenters. The average Bonchev–Trinajstić information content (AvgIpc) is 3.72. The third-order valence-corrected chi connectivity index (χ3v) is 9.20. The summed E-state index contributed by atoms with van der Waals surface area (Å²) >= 11 is 0. The highest BCUT2D eigenvalue weighted by atomic mass is 31.2. The van der Waals surface area contributed by atoms with Crippen molar-refractivity contribution in [3.63, 3.8) is 0 Å². The van der Waals surface area contributed by atoms with E-state index in [4.69, 9.17) is 39.2 Å². The number of H-pyrrole nitrogens is 1. The van der Waals surface area contributed by atoms with Crippen LogP contribution in [-0.4, -0.2) is 115 Å². The Bertz CT molecular complexity index is 1940. The van der Waals surface area contributed by atoms with Crippen LogP contribution in [0.25, 0.3) is 22.3 Å². The normalized spacial score (nSPS) is 32.4. The van der Waals surface area contributed by atoms with Crippen LogP contribution in [0.2, 0.25) is 0 Å². The molecular formula is C21H25N10O13P2+. The van der Waals surface area contributed by atoms with Crippen LogP contribution in [0.4, 0.5) is 11.8 Å². The highest BCUT2D eigenvalue weighted by Crippen LogP contribution is 2.55. The predicted octanol–water partition coefficient (Wildman–Crippen LogP) is -2.42. The second-order valence-corrected chi connectivity index (χ2v) is 12.6. The molecule has 4 aromatic rings. The molecule has 0 aromatic carbocycles. The zero-order chi connectivity index (χ0) is 32.5. The number of aliphatic hydroxyl groups excluding tert-OH is 2. The van der Waals surface area contributed by atoms with Crippen LogP contribution >= 0.6 is 16.1 Å². The Morgan fingerprint density at radius 2 is 1.87 bits per heavy atom. The van der Waals surface area contributed by atoms with Crippen LogP contribution in [-0.2, 0) is 36.9 Å². The van der Waals surface area contributed by atoms with Crippen molar-refractivity contribution in [2.24, 2.45) is 0 Å². The summed E-state index contributed by atoms with van der Waals surface area (Å²) in [6.07, 6.45) is -6.12. The minimum Gasteiger partial charge on any atom is -0.393 e. The van der Waals surface area contributed by atoms with Crippen LogP contribution in [0.1, 0.15) is 12.5 Å². The van der Waals surface area contributed by atoms with Crippen LogP contribution in [0.15, 0.2) is 23.8 Å². The van der Waals surface area contributed by atoms with E-state index in [9.17, 15) is 33.9 Å². The molecule has 3 fully saturated rings. The minimum absolute atomic E-state index is 0.0422. The number of hydrogen-bond acceptors (Lipinski definition) is 18. The maximum atomic E-state index is 13.3. The van der Waals surface area contributed by atoms with Crippen molar-refractivity contribution in [2.75, 3.05) is 31.3 Å². The van der Waals surface area contributed by atoms with Gasteiger partial charge in [0.2, 0.25) is 5.95 Å². The highest BCUT2D eigenvalue weighted by molar-refractivity contribution is 7.47. The standard InChI is InChI=1S/C21H24N10O13P2/c22-14-8-15(25-4-24-14)30(5-26-8)18-10(33)11(43-45(35)36)7(41-18)1-40-46(37,38)44-12-13-21(2-32,3-39-13)42-19(12)31-6-27-9-16(31)28-20(23)29-17(9)34/h4-7,10-13,18-19,32-33H,1-3H2,(H6-,22,23,24,25,28,29,34,35,36,37,38)/p+1/t7-,10?,11?,12?,13?,18-,19-,21+/m1/s1. The molecule has 0 aliphatic carbocycles. The number of nitrogens with zero attached hydrogens (tertiary/aromatic N) is 7. The molecule has 3 saturated heterocycles. The number of aliphatic hydroxyl groups is 2.